The molecule has 0 aromatic rings. The standard InChI is InChI=1S/C7H14O5/c1-4-6(9)7(10)5(2-8)12-3-11-4/h4-10H,2-3H2,1H3/t4-,5-,6-,7+/m0/s1. The second kappa shape index (κ2) is 4.15. The van der Waals surface area contributed by atoms with Gasteiger partial charge in [-0.3, -0.25) is 0 Å². The van der Waals surface area contributed by atoms with Gasteiger partial charge in [-0.15, -0.1) is 0 Å². The van der Waals surface area contributed by atoms with Crippen molar-refractivity contribution in [3.63, 3.8) is 0 Å². The molecule has 1 aliphatic rings. The van der Waals surface area contributed by atoms with Gasteiger partial charge in [0.05, 0.1) is 12.7 Å². The topological polar surface area (TPSA) is 79.2 Å². The van der Waals surface area contributed by atoms with Crippen molar-refractivity contribution >= 4 is 0 Å². The molecule has 1 rings (SSSR count). The SMILES string of the molecule is C[C@@H]1OCO[C@@H](CO)[C@@H](O)[C@H]1O. The van der Waals surface area contributed by atoms with Gasteiger partial charge in [0.1, 0.15) is 25.1 Å². The summed E-state index contributed by atoms with van der Waals surface area (Å²) in [5, 5.41) is 27.5. The number of hydrogen-bond acceptors (Lipinski definition) is 5. The quantitative estimate of drug-likeness (QED) is 0.453. The van der Waals surface area contributed by atoms with Crippen molar-refractivity contribution in [3.8, 4) is 0 Å². The Morgan fingerprint density at radius 1 is 1.25 bits per heavy atom. The first kappa shape index (κ1) is 9.88. The van der Waals surface area contributed by atoms with Crippen molar-refractivity contribution in [1.82, 2.24) is 0 Å². The molecule has 0 saturated carbocycles. The van der Waals surface area contributed by atoms with Crippen LogP contribution in [0.4, 0.5) is 0 Å². The molecule has 1 saturated heterocycles. The predicted molar refractivity (Wildman–Crippen MR) is 39.4 cm³/mol. The van der Waals surface area contributed by atoms with Crippen LogP contribution in [0.3, 0.4) is 0 Å². The molecule has 3 N–H and O–H groups in total. The molecule has 0 bridgehead atoms. The third kappa shape index (κ3) is 1.94. The van der Waals surface area contributed by atoms with E-state index in [4.69, 9.17) is 14.6 Å². The zero-order valence-corrected chi connectivity index (χ0v) is 6.88. The summed E-state index contributed by atoms with van der Waals surface area (Å²) in [7, 11) is 0. The van der Waals surface area contributed by atoms with Gasteiger partial charge in [0.15, 0.2) is 0 Å². The number of ether oxygens (including phenoxy) is 2. The Morgan fingerprint density at radius 2 is 1.92 bits per heavy atom. The van der Waals surface area contributed by atoms with Crippen molar-refractivity contribution in [1.29, 1.82) is 0 Å². The molecule has 0 amide bonds. The van der Waals surface area contributed by atoms with Gasteiger partial charge >= 0.3 is 0 Å². The molecule has 5 nitrogen and oxygen atoms in total. The highest BCUT2D eigenvalue weighted by atomic mass is 16.7. The minimum atomic E-state index is -1.09. The van der Waals surface area contributed by atoms with Crippen LogP contribution in [0.1, 0.15) is 6.92 Å². The van der Waals surface area contributed by atoms with Crippen LogP contribution in [-0.4, -0.2) is 53.1 Å². The molecule has 0 spiro atoms. The maximum Gasteiger partial charge on any atom is 0.147 e. The monoisotopic (exact) mass is 178 g/mol. The number of hydrogen-bond donors (Lipinski definition) is 3. The molecule has 0 radical (unpaired) electrons. The summed E-state index contributed by atoms with van der Waals surface area (Å²) in [4.78, 5) is 0. The number of aliphatic hydroxyl groups excluding tert-OH is 3. The van der Waals surface area contributed by atoms with E-state index in [9.17, 15) is 10.2 Å². The zero-order chi connectivity index (χ0) is 9.14. The maximum atomic E-state index is 9.37. The molecule has 0 aromatic heterocycles. The van der Waals surface area contributed by atoms with Crippen molar-refractivity contribution in [2.45, 2.75) is 31.3 Å². The summed E-state index contributed by atoms with van der Waals surface area (Å²) in [6.07, 6.45) is -3.33. The fourth-order valence-corrected chi connectivity index (χ4v) is 1.09. The molecular formula is C7H14O5. The van der Waals surface area contributed by atoms with Crippen LogP contribution in [0.15, 0.2) is 0 Å². The van der Waals surface area contributed by atoms with E-state index in [2.05, 4.69) is 0 Å². The Morgan fingerprint density at radius 3 is 2.50 bits per heavy atom. The number of aliphatic hydroxyl groups is 3. The third-order valence-electron chi connectivity index (χ3n) is 2.00. The van der Waals surface area contributed by atoms with Crippen LogP contribution in [-0.2, 0) is 9.47 Å². The Kier molecular flexibility index (Phi) is 3.42. The molecule has 1 fully saturated rings. The second-order valence-electron chi connectivity index (χ2n) is 2.86. The van der Waals surface area contributed by atoms with Gasteiger partial charge in [0, 0.05) is 0 Å². The average molecular weight is 178 g/mol. The minimum absolute atomic E-state index is 0.0134. The molecule has 5 heteroatoms. The van der Waals surface area contributed by atoms with Crippen LogP contribution in [0.5, 0.6) is 0 Å². The number of rotatable bonds is 1. The highest BCUT2D eigenvalue weighted by Gasteiger charge is 2.33. The van der Waals surface area contributed by atoms with E-state index >= 15 is 0 Å². The second-order valence-corrected chi connectivity index (χ2v) is 2.86. The molecule has 1 aliphatic heterocycles. The van der Waals surface area contributed by atoms with Crippen LogP contribution in [0.25, 0.3) is 0 Å². The lowest BCUT2D eigenvalue weighted by molar-refractivity contribution is -0.114. The van der Waals surface area contributed by atoms with E-state index in [0.29, 0.717) is 0 Å². The first-order chi connectivity index (χ1) is 5.66. The first-order valence-corrected chi connectivity index (χ1v) is 3.87. The van der Waals surface area contributed by atoms with E-state index in [-0.39, 0.29) is 13.4 Å². The van der Waals surface area contributed by atoms with E-state index in [1.807, 2.05) is 0 Å². The van der Waals surface area contributed by atoms with Gasteiger partial charge in [0.2, 0.25) is 0 Å². The Labute approximate surface area is 70.5 Å². The minimum Gasteiger partial charge on any atom is -0.394 e. The fourth-order valence-electron chi connectivity index (χ4n) is 1.09. The van der Waals surface area contributed by atoms with Gasteiger partial charge in [-0.1, -0.05) is 0 Å². The first-order valence-electron chi connectivity index (χ1n) is 3.87. The van der Waals surface area contributed by atoms with Crippen LogP contribution in [0, 0.1) is 0 Å². The predicted octanol–water partition coefficient (Wildman–Crippen LogP) is -1.54. The highest BCUT2D eigenvalue weighted by Crippen LogP contribution is 2.14. The molecule has 0 aromatic carbocycles. The van der Waals surface area contributed by atoms with Crippen LogP contribution >= 0.6 is 0 Å². The van der Waals surface area contributed by atoms with E-state index < -0.39 is 24.4 Å². The third-order valence-corrected chi connectivity index (χ3v) is 2.00. The molecular weight excluding hydrogens is 164 g/mol. The highest BCUT2D eigenvalue weighted by molar-refractivity contribution is 4.81. The van der Waals surface area contributed by atoms with Crippen LogP contribution in [0.2, 0.25) is 0 Å². The van der Waals surface area contributed by atoms with E-state index in [1.54, 1.807) is 6.92 Å². The van der Waals surface area contributed by atoms with Crippen molar-refractivity contribution < 1.29 is 24.8 Å². The van der Waals surface area contributed by atoms with Crippen LogP contribution < -0.4 is 0 Å². The smallest absolute Gasteiger partial charge is 0.147 e. The summed E-state index contributed by atoms with van der Waals surface area (Å²) in [6, 6.07) is 0. The molecule has 1 heterocycles. The van der Waals surface area contributed by atoms with E-state index in [1.165, 1.54) is 0 Å². The zero-order valence-electron chi connectivity index (χ0n) is 6.88. The van der Waals surface area contributed by atoms with Crippen molar-refractivity contribution in [2.75, 3.05) is 13.4 Å². The Balaban J connectivity index is 2.59. The summed E-state index contributed by atoms with van der Waals surface area (Å²) >= 11 is 0. The Bertz CT molecular complexity index is 138. The molecule has 12 heavy (non-hydrogen) atoms. The van der Waals surface area contributed by atoms with Crippen molar-refractivity contribution in [3.05, 3.63) is 0 Å². The van der Waals surface area contributed by atoms with Gasteiger partial charge in [-0.25, -0.2) is 0 Å². The van der Waals surface area contributed by atoms with E-state index in [0.717, 1.165) is 0 Å². The lowest BCUT2D eigenvalue weighted by atomic mass is 10.1. The largest absolute Gasteiger partial charge is 0.394 e. The average Bonchev–Trinajstić information content (AvgIpc) is 2.19. The lowest BCUT2D eigenvalue weighted by Crippen LogP contribution is -2.43. The van der Waals surface area contributed by atoms with Gasteiger partial charge in [-0.05, 0) is 6.92 Å². The summed E-state index contributed by atoms with van der Waals surface area (Å²) in [5.74, 6) is 0. The lowest BCUT2D eigenvalue weighted by Gasteiger charge is -2.22. The summed E-state index contributed by atoms with van der Waals surface area (Å²) in [5.41, 5.74) is 0. The molecule has 0 unspecified atom stereocenters. The Hall–Kier alpha value is -0.200. The molecule has 4 atom stereocenters. The van der Waals surface area contributed by atoms with Gasteiger partial charge in [0.25, 0.3) is 0 Å². The normalized spacial score (nSPS) is 44.0. The molecule has 0 aliphatic carbocycles. The maximum absolute atomic E-state index is 9.37. The summed E-state index contributed by atoms with van der Waals surface area (Å²) < 4.78 is 9.90. The van der Waals surface area contributed by atoms with Gasteiger partial charge < -0.3 is 24.8 Å². The molecule has 72 valence electrons. The fraction of sp³-hybridized carbons (Fsp3) is 1.00. The summed E-state index contributed by atoms with van der Waals surface area (Å²) in [6.45, 7) is 1.30. The van der Waals surface area contributed by atoms with Crippen molar-refractivity contribution in [2.24, 2.45) is 0 Å². The van der Waals surface area contributed by atoms with Gasteiger partial charge in [-0.2, -0.15) is 0 Å².